The van der Waals surface area contributed by atoms with Crippen LogP contribution in [0.5, 0.6) is 0 Å². The summed E-state index contributed by atoms with van der Waals surface area (Å²) in [6.45, 7) is 9.43. The van der Waals surface area contributed by atoms with Crippen LogP contribution in [-0.2, 0) is 11.8 Å². The maximum atomic E-state index is 12.4. The monoisotopic (exact) mass is 517 g/mol. The molecule has 1 saturated carbocycles. The molecule has 0 unspecified atom stereocenters. The molecule has 2 fully saturated rings. The van der Waals surface area contributed by atoms with Crippen molar-refractivity contribution in [3.05, 3.63) is 13.9 Å². The predicted octanol–water partition coefficient (Wildman–Crippen LogP) is 2.88. The Bertz CT molecular complexity index is 840. The van der Waals surface area contributed by atoms with Gasteiger partial charge in [0.25, 0.3) is 5.56 Å². The molecule has 8 nitrogen and oxygen atoms in total. The first-order valence-electron chi connectivity index (χ1n) is 10.2. The average Bonchev–Trinajstić information content (AvgIpc) is 2.90. The number of ether oxygens (including phenoxy) is 1. The van der Waals surface area contributed by atoms with Crippen LogP contribution in [0.4, 0.5) is 16.6 Å². The number of hydrogen-bond donors (Lipinski definition) is 2. The van der Waals surface area contributed by atoms with Crippen molar-refractivity contribution in [2.24, 2.45) is 18.4 Å². The summed E-state index contributed by atoms with van der Waals surface area (Å²) in [7, 11) is 1.74. The molecule has 3 rings (SSSR count). The van der Waals surface area contributed by atoms with E-state index in [9.17, 15) is 9.59 Å². The van der Waals surface area contributed by atoms with Crippen molar-refractivity contribution in [2.75, 3.05) is 23.7 Å². The predicted molar refractivity (Wildman–Crippen MR) is 122 cm³/mol. The number of nitrogens with zero attached hydrogens (tertiary/aromatic N) is 3. The van der Waals surface area contributed by atoms with Crippen molar-refractivity contribution in [2.45, 2.75) is 65.0 Å². The Balaban J connectivity index is 1.74. The van der Waals surface area contributed by atoms with Crippen molar-refractivity contribution in [3.63, 3.8) is 0 Å². The zero-order valence-electron chi connectivity index (χ0n) is 17.9. The lowest BCUT2D eigenvalue weighted by Gasteiger charge is -2.44. The SMILES string of the molecule is C[C@H]1C[C@@H](NC(=O)OC(C)(C)C)C2(CCN(c3nc(N)c(I)c(=O)n3C)CC2)C1. The summed E-state index contributed by atoms with van der Waals surface area (Å²) < 4.78 is 7.52. The summed E-state index contributed by atoms with van der Waals surface area (Å²) in [6.07, 6.45) is 3.57. The number of alkyl carbamates (subject to hydrolysis) is 1. The third kappa shape index (κ3) is 4.64. The number of hydrogen-bond acceptors (Lipinski definition) is 6. The largest absolute Gasteiger partial charge is 0.444 e. The zero-order chi connectivity index (χ0) is 21.6. The van der Waals surface area contributed by atoms with Crippen LogP contribution in [-0.4, -0.2) is 40.4 Å². The normalized spacial score (nSPS) is 24.0. The molecule has 29 heavy (non-hydrogen) atoms. The number of aromatic nitrogens is 2. The fourth-order valence-electron chi connectivity index (χ4n) is 4.80. The highest BCUT2D eigenvalue weighted by atomic mass is 127. The van der Waals surface area contributed by atoms with Crippen molar-refractivity contribution in [1.82, 2.24) is 14.9 Å². The first-order chi connectivity index (χ1) is 13.4. The second kappa shape index (κ2) is 7.96. The molecular weight excluding hydrogens is 485 g/mol. The van der Waals surface area contributed by atoms with Crippen LogP contribution >= 0.6 is 22.6 Å². The number of rotatable bonds is 2. The van der Waals surface area contributed by atoms with Crippen LogP contribution in [0.2, 0.25) is 0 Å². The maximum absolute atomic E-state index is 12.4. The van der Waals surface area contributed by atoms with Gasteiger partial charge in [0.05, 0.1) is 0 Å². The Morgan fingerprint density at radius 3 is 2.55 bits per heavy atom. The van der Waals surface area contributed by atoms with Gasteiger partial charge in [0, 0.05) is 26.2 Å². The molecule has 1 amide bonds. The Hall–Kier alpha value is -1.52. The van der Waals surface area contributed by atoms with Gasteiger partial charge < -0.3 is 20.7 Å². The number of nitrogens with one attached hydrogen (secondary N) is 1. The Kier molecular flexibility index (Phi) is 6.08. The number of anilines is 2. The average molecular weight is 517 g/mol. The van der Waals surface area contributed by atoms with E-state index in [2.05, 4.69) is 22.1 Å². The summed E-state index contributed by atoms with van der Waals surface area (Å²) in [5.74, 6) is 1.45. The quantitative estimate of drug-likeness (QED) is 0.586. The van der Waals surface area contributed by atoms with Gasteiger partial charge in [0.2, 0.25) is 5.95 Å². The number of carbonyl (C=O) groups is 1. The van der Waals surface area contributed by atoms with Gasteiger partial charge in [-0.15, -0.1) is 0 Å². The number of piperidine rings is 1. The molecule has 1 aliphatic heterocycles. The molecule has 2 heterocycles. The first kappa shape index (κ1) is 22.2. The van der Waals surface area contributed by atoms with Gasteiger partial charge >= 0.3 is 6.09 Å². The minimum Gasteiger partial charge on any atom is -0.444 e. The Labute approximate surface area is 185 Å². The van der Waals surface area contributed by atoms with E-state index in [0.717, 1.165) is 38.8 Å². The summed E-state index contributed by atoms with van der Waals surface area (Å²) in [4.78, 5) is 31.4. The lowest BCUT2D eigenvalue weighted by Crippen LogP contribution is -2.51. The lowest BCUT2D eigenvalue weighted by molar-refractivity contribution is 0.0442. The fourth-order valence-corrected chi connectivity index (χ4v) is 5.28. The Morgan fingerprint density at radius 1 is 1.34 bits per heavy atom. The molecule has 1 aromatic heterocycles. The molecule has 1 saturated heterocycles. The van der Waals surface area contributed by atoms with Crippen molar-refractivity contribution < 1.29 is 9.53 Å². The van der Waals surface area contributed by atoms with Crippen LogP contribution in [0.3, 0.4) is 0 Å². The molecule has 2 aliphatic rings. The van der Waals surface area contributed by atoms with Gasteiger partial charge in [0.15, 0.2) is 0 Å². The third-order valence-corrected chi connectivity index (χ3v) is 7.12. The van der Waals surface area contributed by atoms with Crippen LogP contribution in [0.15, 0.2) is 4.79 Å². The molecule has 1 aliphatic carbocycles. The molecule has 1 spiro atoms. The van der Waals surface area contributed by atoms with Gasteiger partial charge in [-0.25, -0.2) is 4.79 Å². The minimum absolute atomic E-state index is 0.0560. The van der Waals surface area contributed by atoms with Gasteiger partial charge in [-0.05, 0) is 80.4 Å². The van der Waals surface area contributed by atoms with Crippen molar-refractivity contribution >= 4 is 40.5 Å². The standard InChI is InChI=1S/C20H32IN5O3/c1-12-10-13(23-18(28)29-19(2,3)4)20(11-12)6-8-26(9-7-20)17-24-15(22)14(21)16(27)25(17)5/h12-13H,6-11,22H2,1-5H3,(H,23,28)/t12-,13+/m0/s1. The van der Waals surface area contributed by atoms with E-state index in [1.165, 1.54) is 0 Å². The van der Waals surface area contributed by atoms with E-state index < -0.39 is 5.60 Å². The van der Waals surface area contributed by atoms with Crippen LogP contribution in [0.1, 0.15) is 53.4 Å². The molecule has 0 radical (unpaired) electrons. The highest BCUT2D eigenvalue weighted by molar-refractivity contribution is 14.1. The number of halogens is 1. The second-order valence-corrected chi connectivity index (χ2v) is 10.6. The van der Waals surface area contributed by atoms with E-state index in [1.807, 2.05) is 43.4 Å². The number of amides is 1. The summed E-state index contributed by atoms with van der Waals surface area (Å²) in [5, 5.41) is 3.15. The van der Waals surface area contributed by atoms with Gasteiger partial charge in [-0.3, -0.25) is 9.36 Å². The number of carbonyl (C=O) groups excluding carboxylic acids is 1. The summed E-state index contributed by atoms with van der Waals surface area (Å²) >= 11 is 1.94. The molecular formula is C20H32IN5O3. The van der Waals surface area contributed by atoms with Gasteiger partial charge in [-0.2, -0.15) is 4.98 Å². The lowest BCUT2D eigenvalue weighted by atomic mass is 9.73. The summed E-state index contributed by atoms with van der Waals surface area (Å²) in [5.41, 5.74) is 5.37. The van der Waals surface area contributed by atoms with Crippen molar-refractivity contribution in [1.29, 1.82) is 0 Å². The fraction of sp³-hybridized carbons (Fsp3) is 0.750. The van der Waals surface area contributed by atoms with E-state index in [4.69, 9.17) is 10.5 Å². The topological polar surface area (TPSA) is 102 Å². The van der Waals surface area contributed by atoms with Crippen LogP contribution in [0, 0.1) is 14.9 Å². The van der Waals surface area contributed by atoms with E-state index in [1.54, 1.807) is 11.6 Å². The molecule has 0 aromatic carbocycles. The van der Waals surface area contributed by atoms with Gasteiger partial charge in [-0.1, -0.05) is 6.92 Å². The Morgan fingerprint density at radius 2 is 1.97 bits per heavy atom. The molecule has 9 heteroatoms. The number of nitrogens with two attached hydrogens (primary N) is 1. The highest BCUT2D eigenvalue weighted by Crippen LogP contribution is 2.49. The summed E-state index contributed by atoms with van der Waals surface area (Å²) in [6, 6.07) is 0.105. The third-order valence-electron chi connectivity index (χ3n) is 6.10. The van der Waals surface area contributed by atoms with E-state index in [0.29, 0.717) is 15.4 Å². The van der Waals surface area contributed by atoms with E-state index in [-0.39, 0.29) is 28.9 Å². The highest BCUT2D eigenvalue weighted by Gasteiger charge is 2.48. The smallest absolute Gasteiger partial charge is 0.407 e. The maximum Gasteiger partial charge on any atom is 0.407 e. The van der Waals surface area contributed by atoms with Crippen LogP contribution in [0.25, 0.3) is 0 Å². The second-order valence-electron chi connectivity index (χ2n) is 9.57. The number of nitrogen functional groups attached to an aromatic ring is 1. The van der Waals surface area contributed by atoms with Gasteiger partial charge in [0.1, 0.15) is 15.0 Å². The van der Waals surface area contributed by atoms with Crippen molar-refractivity contribution in [3.8, 4) is 0 Å². The molecule has 3 N–H and O–H groups in total. The van der Waals surface area contributed by atoms with Crippen LogP contribution < -0.4 is 21.5 Å². The zero-order valence-corrected chi connectivity index (χ0v) is 20.1. The van der Waals surface area contributed by atoms with E-state index >= 15 is 0 Å². The molecule has 0 bridgehead atoms. The molecule has 1 aromatic rings. The first-order valence-corrected chi connectivity index (χ1v) is 11.3. The molecule has 2 atom stereocenters. The minimum atomic E-state index is -0.508. The molecule has 162 valence electrons.